The van der Waals surface area contributed by atoms with Crippen molar-refractivity contribution < 1.29 is 14.3 Å². The minimum Gasteiger partial charge on any atom is -0.496 e. The fraction of sp³-hybridized carbons (Fsp3) is 0.214. The Balaban J connectivity index is 2.51. The molecule has 5 nitrogen and oxygen atoms in total. The van der Waals surface area contributed by atoms with Gasteiger partial charge in [-0.15, -0.1) is 11.3 Å². The molecule has 3 N–H and O–H groups in total. The maximum atomic E-state index is 12.6. The van der Waals surface area contributed by atoms with Gasteiger partial charge in [-0.2, -0.15) is 0 Å². The monoisotopic (exact) mass is 404 g/mol. The Hall–Kier alpha value is -0.975. The second kappa shape index (κ2) is 7.94. The van der Waals surface area contributed by atoms with Crippen molar-refractivity contribution in [1.82, 2.24) is 0 Å². The molecule has 1 amide bonds. The van der Waals surface area contributed by atoms with Crippen molar-refractivity contribution in [2.24, 2.45) is 5.50 Å². The number of carbonyl (C=O) groups excluding carboxylic acids is 1. The Morgan fingerprint density at radius 2 is 1.83 bits per heavy atom. The third-order valence-corrected chi connectivity index (χ3v) is 6.28. The molecule has 0 saturated carbocycles. The van der Waals surface area contributed by atoms with Crippen LogP contribution in [0.5, 0.6) is 11.5 Å². The molecule has 0 radical (unpaired) electrons. The molecule has 1 unspecified atom stereocenters. The largest absolute Gasteiger partial charge is 0.496 e. The third kappa shape index (κ3) is 3.37. The van der Waals surface area contributed by atoms with Crippen molar-refractivity contribution in [3.63, 3.8) is 0 Å². The number of aryl methyl sites for hydroxylation is 1. The summed E-state index contributed by atoms with van der Waals surface area (Å²) < 4.78 is 10.6. The van der Waals surface area contributed by atoms with Crippen LogP contribution in [0.15, 0.2) is 5.38 Å². The zero-order chi connectivity index (χ0) is 18.0. The molecule has 10 heteroatoms. The third-order valence-electron chi connectivity index (χ3n) is 3.53. The predicted molar refractivity (Wildman–Crippen MR) is 107 cm³/mol. The maximum absolute atomic E-state index is 12.6. The SMILES string of the molecule is Bc1c(OC)c(Cl)c(NC(=O)c2csc(C)c2PN)c(Cl)c1OC. The van der Waals surface area contributed by atoms with Crippen molar-refractivity contribution in [1.29, 1.82) is 0 Å². The van der Waals surface area contributed by atoms with Crippen LogP contribution in [0.1, 0.15) is 15.2 Å². The van der Waals surface area contributed by atoms with E-state index in [2.05, 4.69) is 5.32 Å². The molecule has 0 fully saturated rings. The number of rotatable bonds is 5. The molecule has 1 aromatic heterocycles. The first-order chi connectivity index (χ1) is 11.4. The highest BCUT2D eigenvalue weighted by Crippen LogP contribution is 2.42. The molecule has 0 aliphatic heterocycles. The fourth-order valence-electron chi connectivity index (χ4n) is 2.33. The van der Waals surface area contributed by atoms with Crippen LogP contribution in [0.25, 0.3) is 0 Å². The lowest BCUT2D eigenvalue weighted by molar-refractivity contribution is 0.102. The van der Waals surface area contributed by atoms with E-state index in [4.69, 9.17) is 38.2 Å². The van der Waals surface area contributed by atoms with Gasteiger partial charge in [-0.3, -0.25) is 4.79 Å². The topological polar surface area (TPSA) is 73.6 Å². The van der Waals surface area contributed by atoms with E-state index in [0.717, 1.165) is 10.2 Å². The Kier molecular flexibility index (Phi) is 6.40. The van der Waals surface area contributed by atoms with E-state index in [1.165, 1.54) is 25.6 Å². The van der Waals surface area contributed by atoms with Crippen LogP contribution in [0.4, 0.5) is 5.69 Å². The highest BCUT2D eigenvalue weighted by atomic mass is 35.5. The standard InChI is InChI=1S/C14H16BCl2N2O3PS/c1-5-13(23-18)6(4-24-5)14(20)19-10-8(16)11(21-2)7(15)12(22-3)9(10)17/h4,23H,15,18H2,1-3H3,(H,19,20). The van der Waals surface area contributed by atoms with Gasteiger partial charge in [0.2, 0.25) is 0 Å². The quantitative estimate of drug-likeness (QED) is 0.591. The number of carbonyl (C=O) groups is 1. The number of benzene rings is 1. The molecule has 0 spiro atoms. The summed E-state index contributed by atoms with van der Waals surface area (Å²) in [6.45, 7) is 1.93. The van der Waals surface area contributed by atoms with E-state index in [0.29, 0.717) is 22.5 Å². The summed E-state index contributed by atoms with van der Waals surface area (Å²) in [5, 5.41) is 5.79. The molecule has 1 aromatic carbocycles. The molecule has 0 aliphatic rings. The van der Waals surface area contributed by atoms with Gasteiger partial charge < -0.3 is 20.3 Å². The van der Waals surface area contributed by atoms with E-state index >= 15 is 0 Å². The van der Waals surface area contributed by atoms with Crippen molar-refractivity contribution >= 4 is 73.5 Å². The number of amides is 1. The number of ether oxygens (including phenoxy) is 2. The van der Waals surface area contributed by atoms with Gasteiger partial charge in [0.15, 0.2) is 0 Å². The predicted octanol–water partition coefficient (Wildman–Crippen LogP) is 2.07. The summed E-state index contributed by atoms with van der Waals surface area (Å²) in [6, 6.07) is 0. The van der Waals surface area contributed by atoms with E-state index < -0.39 is 0 Å². The van der Waals surface area contributed by atoms with Gasteiger partial charge in [-0.1, -0.05) is 23.2 Å². The highest BCUT2D eigenvalue weighted by Gasteiger charge is 2.24. The first kappa shape index (κ1) is 19.4. The molecule has 2 aromatic rings. The maximum Gasteiger partial charge on any atom is 0.257 e. The average molecular weight is 405 g/mol. The highest BCUT2D eigenvalue weighted by molar-refractivity contribution is 7.46. The van der Waals surface area contributed by atoms with E-state index in [1.807, 2.05) is 6.92 Å². The summed E-state index contributed by atoms with van der Waals surface area (Å²) in [5.41, 5.74) is 7.18. The number of methoxy groups -OCH3 is 2. The lowest BCUT2D eigenvalue weighted by Crippen LogP contribution is -2.21. The van der Waals surface area contributed by atoms with E-state index in [-0.39, 0.29) is 30.4 Å². The van der Waals surface area contributed by atoms with Crippen LogP contribution < -0.4 is 31.1 Å². The van der Waals surface area contributed by atoms with Gasteiger partial charge in [0.05, 0.1) is 25.5 Å². The molecule has 128 valence electrons. The molecule has 24 heavy (non-hydrogen) atoms. The van der Waals surface area contributed by atoms with Crippen LogP contribution in [0.2, 0.25) is 10.0 Å². The molecule has 0 bridgehead atoms. The summed E-state index contributed by atoms with van der Waals surface area (Å²) in [5.74, 6) is 0.468. The molecular formula is C14H16BCl2N2O3PS. The summed E-state index contributed by atoms with van der Waals surface area (Å²) in [7, 11) is 4.78. The molecule has 1 atom stereocenters. The molecular weight excluding hydrogens is 389 g/mol. The number of hydrogen-bond donors (Lipinski definition) is 2. The second-order valence-electron chi connectivity index (χ2n) is 4.87. The minimum atomic E-state index is -0.330. The lowest BCUT2D eigenvalue weighted by Gasteiger charge is -2.18. The fourth-order valence-corrected chi connectivity index (χ4v) is 4.85. The molecule has 2 rings (SSSR count). The van der Waals surface area contributed by atoms with E-state index in [9.17, 15) is 4.79 Å². The number of nitrogens with two attached hydrogens (primary N) is 1. The normalized spacial score (nSPS) is 11.1. The Morgan fingerprint density at radius 1 is 1.29 bits per heavy atom. The van der Waals surface area contributed by atoms with Crippen LogP contribution >= 0.6 is 43.3 Å². The average Bonchev–Trinajstić information content (AvgIpc) is 2.93. The van der Waals surface area contributed by atoms with Crippen molar-refractivity contribution in [3.05, 3.63) is 25.9 Å². The Labute approximate surface area is 157 Å². The first-order valence-corrected chi connectivity index (χ1v) is 9.54. The number of hydrogen-bond acceptors (Lipinski definition) is 5. The van der Waals surface area contributed by atoms with Gasteiger partial charge in [-0.05, 0) is 21.1 Å². The van der Waals surface area contributed by atoms with Gasteiger partial charge in [0, 0.05) is 15.6 Å². The lowest BCUT2D eigenvalue weighted by atomic mass is 9.93. The molecule has 0 aliphatic carbocycles. The second-order valence-corrected chi connectivity index (χ2v) is 7.50. The van der Waals surface area contributed by atoms with Crippen LogP contribution in [0.3, 0.4) is 0 Å². The van der Waals surface area contributed by atoms with Gasteiger partial charge in [0.25, 0.3) is 5.91 Å². The zero-order valence-electron chi connectivity index (χ0n) is 13.5. The number of thiophene rings is 1. The van der Waals surface area contributed by atoms with E-state index in [1.54, 1.807) is 13.2 Å². The van der Waals surface area contributed by atoms with Gasteiger partial charge in [0.1, 0.15) is 29.4 Å². The van der Waals surface area contributed by atoms with Crippen LogP contribution in [-0.4, -0.2) is 28.0 Å². The summed E-state index contributed by atoms with van der Waals surface area (Å²) in [4.78, 5) is 13.7. The summed E-state index contributed by atoms with van der Waals surface area (Å²) >= 11 is 14.2. The smallest absolute Gasteiger partial charge is 0.257 e. The Morgan fingerprint density at radius 3 is 2.29 bits per heavy atom. The number of anilines is 1. The van der Waals surface area contributed by atoms with Gasteiger partial charge >= 0.3 is 0 Å². The molecule has 0 saturated heterocycles. The summed E-state index contributed by atoms with van der Waals surface area (Å²) in [6.07, 6.45) is 0. The van der Waals surface area contributed by atoms with Crippen molar-refractivity contribution in [3.8, 4) is 11.5 Å². The van der Waals surface area contributed by atoms with Crippen molar-refractivity contribution in [2.45, 2.75) is 6.92 Å². The van der Waals surface area contributed by atoms with Crippen LogP contribution in [-0.2, 0) is 0 Å². The first-order valence-electron chi connectivity index (χ1n) is 6.82. The zero-order valence-corrected chi connectivity index (χ0v) is 16.9. The van der Waals surface area contributed by atoms with Crippen LogP contribution in [0, 0.1) is 6.92 Å². The number of nitrogens with one attached hydrogen (secondary N) is 1. The van der Waals surface area contributed by atoms with Crippen molar-refractivity contribution in [2.75, 3.05) is 19.5 Å². The molecule has 1 heterocycles. The number of halogens is 2. The van der Waals surface area contributed by atoms with Gasteiger partial charge in [-0.25, -0.2) is 0 Å². The minimum absolute atomic E-state index is 0.0278. The Bertz CT molecular complexity index is 770.